The van der Waals surface area contributed by atoms with Crippen molar-refractivity contribution in [2.75, 3.05) is 13.1 Å². The minimum atomic E-state index is 0.915. The molecular formula is C18H25N3. The van der Waals surface area contributed by atoms with Gasteiger partial charge in [-0.15, -0.1) is 0 Å². The number of aromatic nitrogens is 2. The first-order valence-electron chi connectivity index (χ1n) is 8.11. The van der Waals surface area contributed by atoms with Crippen LogP contribution in [0.3, 0.4) is 0 Å². The number of nitrogens with one attached hydrogen (secondary N) is 1. The SMILES string of the molecule is Cc1cccc(-c2cnn(CCCC3CCNCC3)c2)c1. The largest absolute Gasteiger partial charge is 0.317 e. The molecule has 2 aromatic rings. The molecule has 1 aromatic carbocycles. The summed E-state index contributed by atoms with van der Waals surface area (Å²) in [6, 6.07) is 8.62. The highest BCUT2D eigenvalue weighted by Gasteiger charge is 2.12. The fourth-order valence-electron chi connectivity index (χ4n) is 3.17. The van der Waals surface area contributed by atoms with Gasteiger partial charge in [0, 0.05) is 18.3 Å². The minimum Gasteiger partial charge on any atom is -0.317 e. The van der Waals surface area contributed by atoms with E-state index in [2.05, 4.69) is 52.5 Å². The van der Waals surface area contributed by atoms with E-state index in [4.69, 9.17) is 0 Å². The normalized spacial score (nSPS) is 16.2. The molecule has 0 saturated carbocycles. The molecule has 0 unspecified atom stereocenters. The van der Waals surface area contributed by atoms with E-state index >= 15 is 0 Å². The number of hydrogen-bond donors (Lipinski definition) is 1. The Bertz CT molecular complexity index is 567. The van der Waals surface area contributed by atoms with Crippen LogP contribution in [0.1, 0.15) is 31.2 Å². The Labute approximate surface area is 127 Å². The van der Waals surface area contributed by atoms with Crippen LogP contribution < -0.4 is 5.32 Å². The van der Waals surface area contributed by atoms with Gasteiger partial charge in [-0.25, -0.2) is 0 Å². The fourth-order valence-corrected chi connectivity index (χ4v) is 3.17. The lowest BCUT2D eigenvalue weighted by Crippen LogP contribution is -2.27. The summed E-state index contributed by atoms with van der Waals surface area (Å²) in [7, 11) is 0. The van der Waals surface area contributed by atoms with E-state index in [1.807, 2.05) is 6.20 Å². The first-order chi connectivity index (χ1) is 10.3. The molecule has 0 aliphatic carbocycles. The number of hydrogen-bond acceptors (Lipinski definition) is 2. The summed E-state index contributed by atoms with van der Waals surface area (Å²) in [6.45, 7) is 5.57. The molecule has 1 aliphatic heterocycles. The van der Waals surface area contributed by atoms with Crippen molar-refractivity contribution in [3.8, 4) is 11.1 Å². The predicted octanol–water partition coefficient (Wildman–Crippen LogP) is 3.64. The topological polar surface area (TPSA) is 29.9 Å². The van der Waals surface area contributed by atoms with E-state index in [-0.39, 0.29) is 0 Å². The van der Waals surface area contributed by atoms with Gasteiger partial charge in [-0.3, -0.25) is 4.68 Å². The van der Waals surface area contributed by atoms with Crippen LogP contribution >= 0.6 is 0 Å². The minimum absolute atomic E-state index is 0.915. The van der Waals surface area contributed by atoms with Crippen LogP contribution in [0.5, 0.6) is 0 Å². The zero-order valence-electron chi connectivity index (χ0n) is 12.9. The summed E-state index contributed by atoms with van der Waals surface area (Å²) in [4.78, 5) is 0. The Morgan fingerprint density at radius 1 is 1.24 bits per heavy atom. The molecule has 1 N–H and O–H groups in total. The molecule has 112 valence electrons. The molecule has 3 rings (SSSR count). The number of rotatable bonds is 5. The highest BCUT2D eigenvalue weighted by atomic mass is 15.3. The van der Waals surface area contributed by atoms with Crippen molar-refractivity contribution in [2.24, 2.45) is 5.92 Å². The number of benzene rings is 1. The van der Waals surface area contributed by atoms with Crippen LogP contribution in [0.15, 0.2) is 36.7 Å². The third-order valence-corrected chi connectivity index (χ3v) is 4.44. The molecule has 1 fully saturated rings. The smallest absolute Gasteiger partial charge is 0.0568 e. The molecule has 3 nitrogen and oxygen atoms in total. The van der Waals surface area contributed by atoms with Gasteiger partial charge in [-0.1, -0.05) is 29.8 Å². The third-order valence-electron chi connectivity index (χ3n) is 4.44. The van der Waals surface area contributed by atoms with Gasteiger partial charge in [0.05, 0.1) is 6.20 Å². The second-order valence-corrected chi connectivity index (χ2v) is 6.20. The standard InChI is InChI=1S/C18H25N3/c1-15-4-2-6-17(12-15)18-13-20-21(14-18)11-3-5-16-7-9-19-10-8-16/h2,4,6,12-14,16,19H,3,5,7-11H2,1H3. The van der Waals surface area contributed by atoms with E-state index in [1.54, 1.807) is 0 Å². The maximum absolute atomic E-state index is 4.51. The van der Waals surface area contributed by atoms with Gasteiger partial charge < -0.3 is 5.32 Å². The van der Waals surface area contributed by atoms with Gasteiger partial charge in [-0.05, 0) is 57.2 Å². The van der Waals surface area contributed by atoms with Crippen LogP contribution in [0.2, 0.25) is 0 Å². The summed E-state index contributed by atoms with van der Waals surface area (Å²) in [5.74, 6) is 0.915. The summed E-state index contributed by atoms with van der Waals surface area (Å²) in [6.07, 6.45) is 9.42. The monoisotopic (exact) mass is 283 g/mol. The molecule has 1 saturated heterocycles. The van der Waals surface area contributed by atoms with Crippen LogP contribution in [0.4, 0.5) is 0 Å². The average molecular weight is 283 g/mol. The van der Waals surface area contributed by atoms with Gasteiger partial charge in [0.25, 0.3) is 0 Å². The van der Waals surface area contributed by atoms with Crippen molar-refractivity contribution in [3.05, 3.63) is 42.2 Å². The van der Waals surface area contributed by atoms with E-state index in [1.165, 1.54) is 55.5 Å². The number of piperidine rings is 1. The molecule has 21 heavy (non-hydrogen) atoms. The van der Waals surface area contributed by atoms with Gasteiger partial charge in [0.2, 0.25) is 0 Å². The quantitative estimate of drug-likeness (QED) is 0.908. The van der Waals surface area contributed by atoms with E-state index in [9.17, 15) is 0 Å². The molecule has 1 aliphatic rings. The van der Waals surface area contributed by atoms with Crippen molar-refractivity contribution < 1.29 is 0 Å². The Hall–Kier alpha value is -1.61. The molecule has 2 heterocycles. The molecule has 3 heteroatoms. The predicted molar refractivity (Wildman–Crippen MR) is 87.2 cm³/mol. The third kappa shape index (κ3) is 3.94. The van der Waals surface area contributed by atoms with Crippen LogP contribution in [0, 0.1) is 12.8 Å². The lowest BCUT2D eigenvalue weighted by Gasteiger charge is -2.22. The van der Waals surface area contributed by atoms with E-state index in [0.717, 1.165) is 12.5 Å². The second-order valence-electron chi connectivity index (χ2n) is 6.20. The summed E-state index contributed by atoms with van der Waals surface area (Å²) >= 11 is 0. The van der Waals surface area contributed by atoms with Crippen molar-refractivity contribution in [3.63, 3.8) is 0 Å². The first kappa shape index (κ1) is 14.3. The van der Waals surface area contributed by atoms with Crippen molar-refractivity contribution in [2.45, 2.75) is 39.2 Å². The molecule has 0 atom stereocenters. The number of nitrogens with zero attached hydrogens (tertiary/aromatic N) is 2. The molecule has 0 radical (unpaired) electrons. The van der Waals surface area contributed by atoms with E-state index < -0.39 is 0 Å². The maximum Gasteiger partial charge on any atom is 0.0568 e. The number of aryl methyl sites for hydroxylation is 2. The maximum atomic E-state index is 4.51. The van der Waals surface area contributed by atoms with Gasteiger partial charge >= 0.3 is 0 Å². The molecule has 0 spiro atoms. The second kappa shape index (κ2) is 6.90. The van der Waals surface area contributed by atoms with Gasteiger partial charge in [0.15, 0.2) is 0 Å². The van der Waals surface area contributed by atoms with E-state index in [0.29, 0.717) is 0 Å². The molecule has 1 aromatic heterocycles. The zero-order chi connectivity index (χ0) is 14.5. The lowest BCUT2D eigenvalue weighted by atomic mass is 9.93. The van der Waals surface area contributed by atoms with Crippen molar-refractivity contribution >= 4 is 0 Å². The van der Waals surface area contributed by atoms with Gasteiger partial charge in [0.1, 0.15) is 0 Å². The lowest BCUT2D eigenvalue weighted by molar-refractivity contribution is 0.337. The Balaban J connectivity index is 1.53. The highest BCUT2D eigenvalue weighted by Crippen LogP contribution is 2.21. The Morgan fingerprint density at radius 2 is 2.10 bits per heavy atom. The fraction of sp³-hybridized carbons (Fsp3) is 0.500. The first-order valence-corrected chi connectivity index (χ1v) is 8.11. The average Bonchev–Trinajstić information content (AvgIpc) is 2.97. The summed E-state index contributed by atoms with van der Waals surface area (Å²) in [5.41, 5.74) is 3.78. The molecule has 0 amide bonds. The Morgan fingerprint density at radius 3 is 2.90 bits per heavy atom. The van der Waals surface area contributed by atoms with Gasteiger partial charge in [-0.2, -0.15) is 5.10 Å². The van der Waals surface area contributed by atoms with Crippen LogP contribution in [0.25, 0.3) is 11.1 Å². The zero-order valence-corrected chi connectivity index (χ0v) is 12.9. The highest BCUT2D eigenvalue weighted by molar-refractivity contribution is 5.62. The molecular weight excluding hydrogens is 258 g/mol. The van der Waals surface area contributed by atoms with Crippen molar-refractivity contribution in [1.29, 1.82) is 0 Å². The molecule has 0 bridgehead atoms. The van der Waals surface area contributed by atoms with Crippen LogP contribution in [-0.4, -0.2) is 22.9 Å². The Kier molecular flexibility index (Phi) is 4.71. The van der Waals surface area contributed by atoms with Crippen molar-refractivity contribution in [1.82, 2.24) is 15.1 Å². The summed E-state index contributed by atoms with van der Waals surface area (Å²) in [5, 5.41) is 7.94. The summed E-state index contributed by atoms with van der Waals surface area (Å²) < 4.78 is 2.10. The van der Waals surface area contributed by atoms with Crippen LogP contribution in [-0.2, 0) is 6.54 Å².